The Hall–Kier alpha value is -3.02. The average Bonchev–Trinajstić information content (AvgIpc) is 2.55. The van der Waals surface area contributed by atoms with E-state index in [1.54, 1.807) is 12.1 Å². The third kappa shape index (κ3) is 2.59. The van der Waals surface area contributed by atoms with E-state index in [4.69, 9.17) is 4.74 Å². The lowest BCUT2D eigenvalue weighted by Crippen LogP contribution is -2.17. The molecule has 3 aromatic rings. The lowest BCUT2D eigenvalue weighted by atomic mass is 10.0. The van der Waals surface area contributed by atoms with E-state index in [1.165, 1.54) is 19.2 Å². The van der Waals surface area contributed by atoms with Crippen molar-refractivity contribution in [3.8, 4) is 5.75 Å². The van der Waals surface area contributed by atoms with Gasteiger partial charge in [0.2, 0.25) is 5.43 Å². The van der Waals surface area contributed by atoms with Crippen LogP contribution in [0.5, 0.6) is 5.75 Å². The smallest absolute Gasteiger partial charge is 0.200 e. The number of pyridine rings is 1. The van der Waals surface area contributed by atoms with Gasteiger partial charge in [0.05, 0.1) is 23.6 Å². The minimum absolute atomic E-state index is 0.140. The van der Waals surface area contributed by atoms with Gasteiger partial charge >= 0.3 is 0 Å². The predicted octanol–water partition coefficient (Wildman–Crippen LogP) is 3.05. The zero-order valence-corrected chi connectivity index (χ0v) is 12.0. The summed E-state index contributed by atoms with van der Waals surface area (Å²) in [5, 5.41) is -0.212. The number of carbonyl (C=O) groups excluding carboxylic acids is 1. The van der Waals surface area contributed by atoms with E-state index in [0.717, 1.165) is 12.3 Å². The number of halogens is 2. The van der Waals surface area contributed by atoms with Gasteiger partial charge in [-0.25, -0.2) is 8.78 Å². The molecular formula is C17H11F2NO3. The molecule has 0 aliphatic rings. The third-order valence-corrected chi connectivity index (χ3v) is 3.48. The number of rotatable bonds is 3. The Morgan fingerprint density at radius 1 is 1.17 bits per heavy atom. The van der Waals surface area contributed by atoms with Gasteiger partial charge < -0.3 is 9.72 Å². The molecule has 0 saturated carbocycles. The van der Waals surface area contributed by atoms with Crippen molar-refractivity contribution < 1.29 is 18.3 Å². The van der Waals surface area contributed by atoms with Gasteiger partial charge in [0, 0.05) is 17.8 Å². The van der Waals surface area contributed by atoms with Gasteiger partial charge in [-0.3, -0.25) is 9.59 Å². The van der Waals surface area contributed by atoms with Crippen LogP contribution in [0.4, 0.5) is 8.78 Å². The quantitative estimate of drug-likeness (QED) is 0.756. The Balaban J connectivity index is 2.18. The fourth-order valence-electron chi connectivity index (χ4n) is 2.34. The topological polar surface area (TPSA) is 59.2 Å². The highest BCUT2D eigenvalue weighted by Gasteiger charge is 2.17. The molecule has 0 aliphatic heterocycles. The molecule has 1 N–H and O–H groups in total. The van der Waals surface area contributed by atoms with Gasteiger partial charge in [0.15, 0.2) is 5.78 Å². The van der Waals surface area contributed by atoms with E-state index in [9.17, 15) is 18.4 Å². The van der Waals surface area contributed by atoms with Crippen LogP contribution < -0.4 is 10.2 Å². The van der Waals surface area contributed by atoms with Gasteiger partial charge in [0.25, 0.3) is 0 Å². The largest absolute Gasteiger partial charge is 0.497 e. The first kappa shape index (κ1) is 14.9. The Kier molecular flexibility index (Phi) is 3.65. The molecule has 1 aromatic heterocycles. The molecule has 0 saturated heterocycles. The van der Waals surface area contributed by atoms with Gasteiger partial charge in [-0.2, -0.15) is 0 Å². The zero-order valence-electron chi connectivity index (χ0n) is 12.0. The van der Waals surface area contributed by atoms with Gasteiger partial charge in [-0.05, 0) is 18.2 Å². The number of H-pyrrole nitrogens is 1. The number of benzene rings is 2. The van der Waals surface area contributed by atoms with Crippen molar-refractivity contribution in [2.24, 2.45) is 0 Å². The summed E-state index contributed by atoms with van der Waals surface area (Å²) >= 11 is 0. The summed E-state index contributed by atoms with van der Waals surface area (Å²) in [5.74, 6) is -1.87. The lowest BCUT2D eigenvalue weighted by Gasteiger charge is -2.06. The molecule has 0 amide bonds. The van der Waals surface area contributed by atoms with E-state index in [2.05, 4.69) is 4.98 Å². The number of fused-ring (bicyclic) bond motifs is 1. The Bertz CT molecular complexity index is 979. The number of ketones is 1. The van der Waals surface area contributed by atoms with E-state index >= 15 is 0 Å². The van der Waals surface area contributed by atoms with Crippen molar-refractivity contribution in [1.29, 1.82) is 0 Å². The van der Waals surface area contributed by atoms with Crippen molar-refractivity contribution in [3.63, 3.8) is 0 Å². The molecule has 0 fully saturated rings. The first-order valence-corrected chi connectivity index (χ1v) is 6.70. The summed E-state index contributed by atoms with van der Waals surface area (Å²) in [6, 6.07) is 7.85. The molecule has 6 heteroatoms. The van der Waals surface area contributed by atoms with Crippen LogP contribution in [0.2, 0.25) is 0 Å². The lowest BCUT2D eigenvalue weighted by molar-refractivity contribution is 0.103. The summed E-state index contributed by atoms with van der Waals surface area (Å²) in [7, 11) is 1.46. The van der Waals surface area contributed by atoms with Crippen molar-refractivity contribution in [3.05, 3.63) is 75.6 Å². The van der Waals surface area contributed by atoms with Crippen LogP contribution in [0.15, 0.2) is 47.4 Å². The van der Waals surface area contributed by atoms with Gasteiger partial charge in [-0.1, -0.05) is 12.1 Å². The normalized spacial score (nSPS) is 10.7. The molecule has 0 radical (unpaired) electrons. The molecule has 0 atom stereocenters. The average molecular weight is 315 g/mol. The summed E-state index contributed by atoms with van der Waals surface area (Å²) in [6.45, 7) is 0. The number of hydrogen-bond donors (Lipinski definition) is 1. The summed E-state index contributed by atoms with van der Waals surface area (Å²) in [5.41, 5.74) is -0.828. The molecule has 3 rings (SSSR count). The second-order valence-electron chi connectivity index (χ2n) is 4.90. The molecule has 0 unspecified atom stereocenters. The van der Waals surface area contributed by atoms with Crippen molar-refractivity contribution in [2.45, 2.75) is 0 Å². The molecule has 23 heavy (non-hydrogen) atoms. The van der Waals surface area contributed by atoms with Crippen LogP contribution in [0.1, 0.15) is 15.9 Å². The van der Waals surface area contributed by atoms with E-state index in [1.807, 2.05) is 0 Å². The number of nitrogens with one attached hydrogen (secondary N) is 1. The van der Waals surface area contributed by atoms with E-state index < -0.39 is 22.8 Å². The Morgan fingerprint density at radius 3 is 2.70 bits per heavy atom. The molecule has 0 spiro atoms. The standard InChI is InChI=1S/C17H11F2NO3/c1-23-11-4-2-3-9(5-11)16(21)13-8-20-15-12(17(13)22)6-10(18)7-14(15)19/h2-8H,1H3,(H,20,22). The summed E-state index contributed by atoms with van der Waals surface area (Å²) in [4.78, 5) is 27.4. The summed E-state index contributed by atoms with van der Waals surface area (Å²) in [6.07, 6.45) is 1.13. The highest BCUT2D eigenvalue weighted by atomic mass is 19.1. The number of methoxy groups -OCH3 is 1. The molecule has 116 valence electrons. The van der Waals surface area contributed by atoms with Gasteiger partial charge in [-0.15, -0.1) is 0 Å². The van der Waals surface area contributed by atoms with Crippen molar-refractivity contribution >= 4 is 16.7 Å². The number of aromatic amines is 1. The second-order valence-corrected chi connectivity index (χ2v) is 4.90. The Labute approximate surface area is 129 Å². The fourth-order valence-corrected chi connectivity index (χ4v) is 2.34. The first-order valence-electron chi connectivity index (χ1n) is 6.70. The monoisotopic (exact) mass is 315 g/mol. The molecule has 0 bridgehead atoms. The van der Waals surface area contributed by atoms with E-state index in [-0.39, 0.29) is 22.0 Å². The number of aromatic nitrogens is 1. The molecule has 4 nitrogen and oxygen atoms in total. The number of carbonyl (C=O) groups is 1. The van der Waals surface area contributed by atoms with Crippen LogP contribution >= 0.6 is 0 Å². The molecule has 2 aromatic carbocycles. The fraction of sp³-hybridized carbons (Fsp3) is 0.0588. The first-order chi connectivity index (χ1) is 11.0. The SMILES string of the molecule is COc1cccc(C(=O)c2c[nH]c3c(F)cc(F)cc3c2=O)c1. The van der Waals surface area contributed by atoms with Crippen LogP contribution in [0, 0.1) is 11.6 Å². The van der Waals surface area contributed by atoms with E-state index in [0.29, 0.717) is 11.8 Å². The Morgan fingerprint density at radius 2 is 1.96 bits per heavy atom. The van der Waals surface area contributed by atoms with Crippen LogP contribution in [0.25, 0.3) is 10.9 Å². The number of ether oxygens (including phenoxy) is 1. The van der Waals surface area contributed by atoms with Crippen molar-refractivity contribution in [1.82, 2.24) is 4.98 Å². The van der Waals surface area contributed by atoms with Crippen LogP contribution in [-0.2, 0) is 0 Å². The summed E-state index contributed by atoms with van der Waals surface area (Å²) < 4.78 is 32.0. The van der Waals surface area contributed by atoms with Crippen LogP contribution in [0.3, 0.4) is 0 Å². The van der Waals surface area contributed by atoms with Gasteiger partial charge in [0.1, 0.15) is 17.4 Å². The molecule has 0 aliphatic carbocycles. The minimum Gasteiger partial charge on any atom is -0.497 e. The minimum atomic E-state index is -0.891. The maximum absolute atomic E-state index is 13.7. The predicted molar refractivity (Wildman–Crippen MR) is 80.9 cm³/mol. The third-order valence-electron chi connectivity index (χ3n) is 3.48. The zero-order chi connectivity index (χ0) is 16.6. The highest BCUT2D eigenvalue weighted by molar-refractivity contribution is 6.10. The molecular weight excluding hydrogens is 304 g/mol. The number of hydrogen-bond acceptors (Lipinski definition) is 3. The maximum atomic E-state index is 13.7. The van der Waals surface area contributed by atoms with Crippen LogP contribution in [-0.4, -0.2) is 17.9 Å². The highest BCUT2D eigenvalue weighted by Crippen LogP contribution is 2.18. The van der Waals surface area contributed by atoms with Crippen molar-refractivity contribution in [2.75, 3.05) is 7.11 Å². The maximum Gasteiger partial charge on any atom is 0.200 e. The second kappa shape index (κ2) is 5.64. The molecule has 1 heterocycles.